The van der Waals surface area contributed by atoms with Gasteiger partial charge in [-0.05, 0) is 43.2 Å². The first kappa shape index (κ1) is 15.5. The second-order valence-corrected chi connectivity index (χ2v) is 6.60. The predicted octanol–water partition coefficient (Wildman–Crippen LogP) is 2.72. The molecule has 4 nitrogen and oxygen atoms in total. The van der Waals surface area contributed by atoms with E-state index in [4.69, 9.17) is 9.15 Å². The minimum Gasteiger partial charge on any atom is -0.467 e. The topological polar surface area (TPSA) is 54.6 Å². The smallest absolute Gasteiger partial charge is 0.129 e. The molecule has 4 heteroatoms. The van der Waals surface area contributed by atoms with Gasteiger partial charge in [-0.3, -0.25) is 0 Å². The average molecular weight is 281 g/mol. The summed E-state index contributed by atoms with van der Waals surface area (Å²) in [6, 6.07) is 4.25. The van der Waals surface area contributed by atoms with Crippen molar-refractivity contribution in [2.45, 2.75) is 58.3 Å². The van der Waals surface area contributed by atoms with Gasteiger partial charge in [-0.15, -0.1) is 0 Å². The van der Waals surface area contributed by atoms with E-state index < -0.39 is 6.10 Å². The van der Waals surface area contributed by atoms with Crippen molar-refractivity contribution in [1.82, 2.24) is 5.32 Å². The number of rotatable bonds is 7. The number of aliphatic hydroxyl groups excluding tert-OH is 1. The molecule has 0 bridgehead atoms. The van der Waals surface area contributed by atoms with E-state index in [1.54, 1.807) is 6.26 Å². The molecule has 20 heavy (non-hydrogen) atoms. The van der Waals surface area contributed by atoms with Gasteiger partial charge in [0.05, 0.1) is 19.0 Å². The predicted molar refractivity (Wildman–Crippen MR) is 78.4 cm³/mol. The van der Waals surface area contributed by atoms with E-state index in [1.807, 2.05) is 12.1 Å². The highest BCUT2D eigenvalue weighted by Crippen LogP contribution is 2.34. The van der Waals surface area contributed by atoms with Crippen molar-refractivity contribution in [3.05, 3.63) is 24.2 Å². The molecule has 1 aromatic heterocycles. The quantitative estimate of drug-likeness (QED) is 0.807. The molecule has 1 fully saturated rings. The molecule has 1 aliphatic carbocycles. The molecule has 1 aliphatic rings. The normalized spacial score (nSPS) is 20.9. The van der Waals surface area contributed by atoms with Gasteiger partial charge in [0.2, 0.25) is 0 Å². The molecule has 0 radical (unpaired) electrons. The molecule has 2 rings (SSSR count). The average Bonchev–Trinajstić information content (AvgIpc) is 2.91. The van der Waals surface area contributed by atoms with E-state index in [-0.39, 0.29) is 0 Å². The zero-order valence-corrected chi connectivity index (χ0v) is 12.6. The summed E-state index contributed by atoms with van der Waals surface area (Å²) in [6.07, 6.45) is 6.09. The van der Waals surface area contributed by atoms with Crippen LogP contribution in [0.25, 0.3) is 0 Å². The van der Waals surface area contributed by atoms with E-state index in [1.165, 1.54) is 25.7 Å². The van der Waals surface area contributed by atoms with Gasteiger partial charge in [0.25, 0.3) is 0 Å². The Bertz CT molecular complexity index is 365. The van der Waals surface area contributed by atoms with Crippen LogP contribution in [-0.2, 0) is 11.3 Å². The lowest BCUT2D eigenvalue weighted by Crippen LogP contribution is -2.40. The Labute approximate surface area is 121 Å². The first-order valence-electron chi connectivity index (χ1n) is 7.57. The van der Waals surface area contributed by atoms with Crippen LogP contribution in [0.5, 0.6) is 0 Å². The molecular weight excluding hydrogens is 254 g/mol. The molecule has 1 aromatic rings. The SMILES string of the molecule is CC1(C)CCC(NCC(O)COCc2ccco2)CC1. The lowest BCUT2D eigenvalue weighted by molar-refractivity contribution is 0.0203. The van der Waals surface area contributed by atoms with E-state index in [2.05, 4.69) is 19.2 Å². The van der Waals surface area contributed by atoms with Gasteiger partial charge >= 0.3 is 0 Å². The first-order chi connectivity index (χ1) is 9.55. The zero-order chi connectivity index (χ0) is 14.4. The summed E-state index contributed by atoms with van der Waals surface area (Å²) in [5.41, 5.74) is 0.489. The van der Waals surface area contributed by atoms with Crippen molar-refractivity contribution in [3.63, 3.8) is 0 Å². The number of furan rings is 1. The van der Waals surface area contributed by atoms with Crippen LogP contribution >= 0.6 is 0 Å². The number of hydrogen-bond acceptors (Lipinski definition) is 4. The summed E-state index contributed by atoms with van der Waals surface area (Å²) in [6.45, 7) is 6.03. The van der Waals surface area contributed by atoms with Gasteiger partial charge in [0, 0.05) is 12.6 Å². The Hall–Kier alpha value is -0.840. The van der Waals surface area contributed by atoms with Crippen molar-refractivity contribution >= 4 is 0 Å². The second kappa shape index (κ2) is 7.25. The van der Waals surface area contributed by atoms with E-state index in [9.17, 15) is 5.11 Å². The van der Waals surface area contributed by atoms with Crippen LogP contribution in [0.1, 0.15) is 45.3 Å². The molecule has 0 aromatic carbocycles. The molecule has 1 heterocycles. The van der Waals surface area contributed by atoms with Crippen molar-refractivity contribution in [3.8, 4) is 0 Å². The summed E-state index contributed by atoms with van der Waals surface area (Å²) in [4.78, 5) is 0. The van der Waals surface area contributed by atoms with Crippen LogP contribution in [0.3, 0.4) is 0 Å². The molecule has 0 saturated heterocycles. The van der Waals surface area contributed by atoms with Crippen molar-refractivity contribution in [2.24, 2.45) is 5.41 Å². The Balaban J connectivity index is 1.55. The van der Waals surface area contributed by atoms with Crippen molar-refractivity contribution in [2.75, 3.05) is 13.2 Å². The van der Waals surface area contributed by atoms with E-state index in [0.717, 1.165) is 5.76 Å². The van der Waals surface area contributed by atoms with Crippen LogP contribution in [0.4, 0.5) is 0 Å². The maximum atomic E-state index is 9.89. The molecular formula is C16H27NO3. The summed E-state index contributed by atoms with van der Waals surface area (Å²) in [5, 5.41) is 13.3. The standard InChI is InChI=1S/C16H27NO3/c1-16(2)7-5-13(6-8-16)17-10-14(18)11-19-12-15-4-3-9-20-15/h3-4,9,13-14,17-18H,5-8,10-12H2,1-2H3. The summed E-state index contributed by atoms with van der Waals surface area (Å²) in [5.74, 6) is 0.791. The Morgan fingerprint density at radius 2 is 2.20 bits per heavy atom. The number of aliphatic hydroxyl groups is 1. The fourth-order valence-corrected chi connectivity index (χ4v) is 2.66. The molecule has 114 valence electrons. The van der Waals surface area contributed by atoms with E-state index >= 15 is 0 Å². The Morgan fingerprint density at radius 1 is 1.45 bits per heavy atom. The Morgan fingerprint density at radius 3 is 2.85 bits per heavy atom. The Kier molecular flexibility index (Phi) is 5.64. The maximum Gasteiger partial charge on any atom is 0.129 e. The molecule has 1 atom stereocenters. The number of nitrogens with one attached hydrogen (secondary N) is 1. The minimum atomic E-state index is -0.458. The molecule has 0 spiro atoms. The fourth-order valence-electron chi connectivity index (χ4n) is 2.66. The fraction of sp³-hybridized carbons (Fsp3) is 0.750. The van der Waals surface area contributed by atoms with Crippen molar-refractivity contribution in [1.29, 1.82) is 0 Å². The third-order valence-corrected chi connectivity index (χ3v) is 4.12. The highest BCUT2D eigenvalue weighted by molar-refractivity contribution is 4.96. The van der Waals surface area contributed by atoms with Gasteiger partial charge in [0.1, 0.15) is 12.4 Å². The lowest BCUT2D eigenvalue weighted by Gasteiger charge is -2.35. The molecule has 2 N–H and O–H groups in total. The van der Waals surface area contributed by atoms with Crippen LogP contribution in [-0.4, -0.2) is 30.4 Å². The number of hydrogen-bond donors (Lipinski definition) is 2. The molecule has 0 aliphatic heterocycles. The third-order valence-electron chi connectivity index (χ3n) is 4.12. The highest BCUT2D eigenvalue weighted by Gasteiger charge is 2.26. The van der Waals surface area contributed by atoms with Gasteiger partial charge in [-0.25, -0.2) is 0 Å². The number of ether oxygens (including phenoxy) is 1. The largest absolute Gasteiger partial charge is 0.467 e. The monoisotopic (exact) mass is 281 g/mol. The minimum absolute atomic E-state index is 0.339. The van der Waals surface area contributed by atoms with Crippen LogP contribution in [0.2, 0.25) is 0 Å². The maximum absolute atomic E-state index is 9.89. The lowest BCUT2D eigenvalue weighted by atomic mass is 9.75. The zero-order valence-electron chi connectivity index (χ0n) is 12.6. The van der Waals surface area contributed by atoms with Gasteiger partial charge in [-0.2, -0.15) is 0 Å². The summed E-state index contributed by atoms with van der Waals surface area (Å²) >= 11 is 0. The first-order valence-corrected chi connectivity index (χ1v) is 7.57. The summed E-state index contributed by atoms with van der Waals surface area (Å²) in [7, 11) is 0. The highest BCUT2D eigenvalue weighted by atomic mass is 16.5. The van der Waals surface area contributed by atoms with E-state index in [0.29, 0.717) is 31.2 Å². The van der Waals surface area contributed by atoms with Crippen molar-refractivity contribution < 1.29 is 14.3 Å². The third kappa shape index (κ3) is 5.27. The summed E-state index contributed by atoms with van der Waals surface area (Å²) < 4.78 is 10.6. The second-order valence-electron chi connectivity index (χ2n) is 6.60. The molecule has 0 amide bonds. The molecule has 1 unspecified atom stereocenters. The van der Waals surface area contributed by atoms with Crippen LogP contribution in [0.15, 0.2) is 22.8 Å². The van der Waals surface area contributed by atoms with Gasteiger partial charge in [0.15, 0.2) is 0 Å². The van der Waals surface area contributed by atoms with Gasteiger partial charge < -0.3 is 19.6 Å². The van der Waals surface area contributed by atoms with Crippen LogP contribution < -0.4 is 5.32 Å². The molecule has 1 saturated carbocycles. The van der Waals surface area contributed by atoms with Crippen LogP contribution in [0, 0.1) is 5.41 Å². The van der Waals surface area contributed by atoms with Gasteiger partial charge in [-0.1, -0.05) is 13.8 Å².